The Bertz CT molecular complexity index is 856. The zero-order valence-electron chi connectivity index (χ0n) is 14.5. The molecule has 5 nitrogen and oxygen atoms in total. The molecule has 0 fully saturated rings. The lowest BCUT2D eigenvalue weighted by atomic mass is 10.1. The van der Waals surface area contributed by atoms with Gasteiger partial charge in [0.2, 0.25) is 0 Å². The van der Waals surface area contributed by atoms with Crippen LogP contribution >= 0.6 is 0 Å². The van der Waals surface area contributed by atoms with Crippen LogP contribution in [0.3, 0.4) is 0 Å². The molecule has 3 rings (SSSR count). The van der Waals surface area contributed by atoms with Crippen LogP contribution in [0.1, 0.15) is 16.8 Å². The molecule has 0 aliphatic heterocycles. The van der Waals surface area contributed by atoms with Crippen molar-refractivity contribution in [3.8, 4) is 5.75 Å². The van der Waals surface area contributed by atoms with Crippen molar-refractivity contribution in [1.29, 1.82) is 0 Å². The van der Waals surface area contributed by atoms with Gasteiger partial charge in [0.1, 0.15) is 19.0 Å². The number of nitrogens with one attached hydrogen (secondary N) is 2. The standard InChI is InChI=1S/C20H22N2O3/c1-14-15(2)22-19-12-17(8-9-18(14)19)24-11-10-21-20(23)25-13-16-6-4-3-5-7-16/h3-9,12,22H,10-11,13H2,1-2H3,(H,21,23). The molecule has 0 aliphatic carbocycles. The summed E-state index contributed by atoms with van der Waals surface area (Å²) < 4.78 is 10.8. The van der Waals surface area contributed by atoms with Crippen molar-refractivity contribution in [1.82, 2.24) is 10.3 Å². The fourth-order valence-electron chi connectivity index (χ4n) is 2.64. The number of aromatic nitrogens is 1. The van der Waals surface area contributed by atoms with Crippen molar-refractivity contribution in [2.75, 3.05) is 13.2 Å². The molecule has 3 aromatic rings. The first-order chi connectivity index (χ1) is 12.1. The van der Waals surface area contributed by atoms with Gasteiger partial charge in [0, 0.05) is 22.7 Å². The summed E-state index contributed by atoms with van der Waals surface area (Å²) in [6.07, 6.45) is -0.446. The number of benzene rings is 2. The third kappa shape index (κ3) is 4.32. The van der Waals surface area contributed by atoms with Gasteiger partial charge in [0.15, 0.2) is 0 Å². The molecule has 25 heavy (non-hydrogen) atoms. The van der Waals surface area contributed by atoms with E-state index < -0.39 is 6.09 Å². The molecule has 0 bridgehead atoms. The summed E-state index contributed by atoms with van der Waals surface area (Å²) in [6, 6.07) is 15.5. The minimum absolute atomic E-state index is 0.260. The second-order valence-corrected chi connectivity index (χ2v) is 5.92. The van der Waals surface area contributed by atoms with Crippen LogP contribution in [0, 0.1) is 13.8 Å². The molecule has 130 valence electrons. The predicted molar refractivity (Wildman–Crippen MR) is 97.9 cm³/mol. The molecule has 0 spiro atoms. The number of ether oxygens (including phenoxy) is 2. The highest BCUT2D eigenvalue weighted by atomic mass is 16.5. The number of aromatic amines is 1. The smallest absolute Gasteiger partial charge is 0.407 e. The summed E-state index contributed by atoms with van der Waals surface area (Å²) in [5.41, 5.74) is 4.43. The minimum atomic E-state index is -0.446. The maximum absolute atomic E-state index is 11.6. The van der Waals surface area contributed by atoms with Gasteiger partial charge in [-0.1, -0.05) is 30.3 Å². The second kappa shape index (κ2) is 7.75. The van der Waals surface area contributed by atoms with E-state index in [9.17, 15) is 4.79 Å². The van der Waals surface area contributed by atoms with Crippen molar-refractivity contribution in [3.05, 3.63) is 65.4 Å². The van der Waals surface area contributed by atoms with Crippen LogP contribution < -0.4 is 10.1 Å². The highest BCUT2D eigenvalue weighted by molar-refractivity contribution is 5.85. The average molecular weight is 338 g/mol. The van der Waals surface area contributed by atoms with Crippen molar-refractivity contribution in [2.24, 2.45) is 0 Å². The van der Waals surface area contributed by atoms with Crippen LogP contribution in [0.4, 0.5) is 4.79 Å². The molecule has 5 heteroatoms. The number of H-pyrrole nitrogens is 1. The van der Waals surface area contributed by atoms with E-state index in [1.165, 1.54) is 10.9 Å². The van der Waals surface area contributed by atoms with Gasteiger partial charge in [-0.3, -0.25) is 0 Å². The summed E-state index contributed by atoms with van der Waals surface area (Å²) in [5, 5.41) is 3.88. The average Bonchev–Trinajstić information content (AvgIpc) is 2.91. The summed E-state index contributed by atoms with van der Waals surface area (Å²) in [7, 11) is 0. The Hall–Kier alpha value is -2.95. The van der Waals surface area contributed by atoms with E-state index in [-0.39, 0.29) is 6.61 Å². The zero-order chi connectivity index (χ0) is 17.6. The Morgan fingerprint density at radius 2 is 1.92 bits per heavy atom. The Morgan fingerprint density at radius 3 is 2.72 bits per heavy atom. The van der Waals surface area contributed by atoms with E-state index >= 15 is 0 Å². The number of fused-ring (bicyclic) bond motifs is 1. The van der Waals surface area contributed by atoms with Gasteiger partial charge in [-0.05, 0) is 37.1 Å². The molecular formula is C20H22N2O3. The maximum atomic E-state index is 11.6. The monoisotopic (exact) mass is 338 g/mol. The highest BCUT2D eigenvalue weighted by Crippen LogP contribution is 2.25. The van der Waals surface area contributed by atoms with E-state index in [4.69, 9.17) is 9.47 Å². The Labute approximate surface area is 147 Å². The molecule has 0 saturated heterocycles. The number of rotatable bonds is 6. The fraction of sp³-hybridized carbons (Fsp3) is 0.250. The first-order valence-corrected chi connectivity index (χ1v) is 8.30. The molecular weight excluding hydrogens is 316 g/mol. The Kier molecular flexibility index (Phi) is 5.23. The van der Waals surface area contributed by atoms with Gasteiger partial charge >= 0.3 is 6.09 Å². The Balaban J connectivity index is 1.41. The van der Waals surface area contributed by atoms with Crippen molar-refractivity contribution < 1.29 is 14.3 Å². The van der Waals surface area contributed by atoms with Crippen LogP contribution in [0.15, 0.2) is 48.5 Å². The second-order valence-electron chi connectivity index (χ2n) is 5.92. The van der Waals surface area contributed by atoms with Crippen LogP contribution in [0.25, 0.3) is 10.9 Å². The normalized spacial score (nSPS) is 10.6. The quantitative estimate of drug-likeness (QED) is 0.665. The lowest BCUT2D eigenvalue weighted by Gasteiger charge is -2.09. The molecule has 0 unspecified atom stereocenters. The SMILES string of the molecule is Cc1[nH]c2cc(OCCNC(=O)OCc3ccccc3)ccc2c1C. The van der Waals surface area contributed by atoms with E-state index in [2.05, 4.69) is 24.1 Å². The van der Waals surface area contributed by atoms with Crippen molar-refractivity contribution in [3.63, 3.8) is 0 Å². The fourth-order valence-corrected chi connectivity index (χ4v) is 2.64. The van der Waals surface area contributed by atoms with E-state index in [0.717, 1.165) is 22.5 Å². The van der Waals surface area contributed by atoms with E-state index in [1.807, 2.05) is 48.5 Å². The molecule has 0 radical (unpaired) electrons. The van der Waals surface area contributed by atoms with Crippen LogP contribution in [-0.2, 0) is 11.3 Å². The van der Waals surface area contributed by atoms with Crippen LogP contribution in [-0.4, -0.2) is 24.2 Å². The van der Waals surface area contributed by atoms with Crippen molar-refractivity contribution >= 4 is 17.0 Å². The first-order valence-electron chi connectivity index (χ1n) is 8.30. The summed E-state index contributed by atoms with van der Waals surface area (Å²) in [5.74, 6) is 0.771. The number of alkyl carbamates (subject to hydrolysis) is 1. The molecule has 0 atom stereocenters. The number of amides is 1. The lowest BCUT2D eigenvalue weighted by molar-refractivity contribution is 0.137. The summed E-state index contributed by atoms with van der Waals surface area (Å²) in [4.78, 5) is 15.0. The minimum Gasteiger partial charge on any atom is -0.492 e. The molecule has 0 aliphatic rings. The number of hydrogen-bond acceptors (Lipinski definition) is 3. The third-order valence-corrected chi connectivity index (χ3v) is 4.13. The molecule has 2 aromatic carbocycles. The number of carbonyl (C=O) groups is 1. The van der Waals surface area contributed by atoms with Gasteiger partial charge in [0.05, 0.1) is 6.54 Å². The van der Waals surface area contributed by atoms with Crippen molar-refractivity contribution in [2.45, 2.75) is 20.5 Å². The van der Waals surface area contributed by atoms with Gasteiger partial charge in [-0.2, -0.15) is 0 Å². The molecule has 1 amide bonds. The highest BCUT2D eigenvalue weighted by Gasteiger charge is 2.06. The largest absolute Gasteiger partial charge is 0.492 e. The summed E-state index contributed by atoms with van der Waals surface area (Å²) in [6.45, 7) is 5.18. The number of carbonyl (C=O) groups excluding carboxylic acids is 1. The summed E-state index contributed by atoms with van der Waals surface area (Å²) >= 11 is 0. The van der Waals surface area contributed by atoms with Gasteiger partial charge in [-0.25, -0.2) is 4.79 Å². The maximum Gasteiger partial charge on any atom is 0.407 e. The van der Waals surface area contributed by atoms with E-state index in [1.54, 1.807) is 0 Å². The zero-order valence-corrected chi connectivity index (χ0v) is 14.5. The molecule has 2 N–H and O–H groups in total. The van der Waals surface area contributed by atoms with Crippen LogP contribution in [0.5, 0.6) is 5.75 Å². The predicted octanol–water partition coefficient (Wildman–Crippen LogP) is 4.09. The van der Waals surface area contributed by atoms with Gasteiger partial charge < -0.3 is 19.8 Å². The lowest BCUT2D eigenvalue weighted by Crippen LogP contribution is -2.28. The first kappa shape index (κ1) is 16.9. The molecule has 0 saturated carbocycles. The van der Waals surface area contributed by atoms with Crippen LogP contribution in [0.2, 0.25) is 0 Å². The van der Waals surface area contributed by atoms with Gasteiger partial charge in [-0.15, -0.1) is 0 Å². The third-order valence-electron chi connectivity index (χ3n) is 4.13. The number of hydrogen-bond donors (Lipinski definition) is 2. The van der Waals surface area contributed by atoms with E-state index in [0.29, 0.717) is 13.2 Å². The number of aryl methyl sites for hydroxylation is 2. The topological polar surface area (TPSA) is 63.3 Å². The molecule has 1 heterocycles. The van der Waals surface area contributed by atoms with Gasteiger partial charge in [0.25, 0.3) is 0 Å². The Morgan fingerprint density at radius 1 is 1.12 bits per heavy atom. The molecule has 1 aromatic heterocycles.